The van der Waals surface area contributed by atoms with Gasteiger partial charge >= 0.3 is 0 Å². The molecule has 1 spiro atoms. The molecule has 0 aromatic heterocycles. The van der Waals surface area contributed by atoms with Crippen LogP contribution in [0, 0.1) is 11.8 Å². The van der Waals surface area contributed by atoms with Crippen LogP contribution in [0.25, 0.3) is 0 Å². The molecule has 27 heavy (non-hydrogen) atoms. The lowest BCUT2D eigenvalue weighted by Gasteiger charge is -2.24. The molecule has 2 fully saturated rings. The van der Waals surface area contributed by atoms with E-state index in [-0.39, 0.29) is 23.8 Å². The van der Waals surface area contributed by atoms with Crippen molar-refractivity contribution in [2.75, 3.05) is 5.32 Å². The molecule has 2 saturated heterocycles. The monoisotopic (exact) mass is 382 g/mol. The van der Waals surface area contributed by atoms with Crippen LogP contribution >= 0.6 is 11.6 Å². The molecule has 3 aliphatic rings. The fourth-order valence-electron chi connectivity index (χ4n) is 4.96. The van der Waals surface area contributed by atoms with Crippen molar-refractivity contribution in [3.63, 3.8) is 0 Å². The van der Waals surface area contributed by atoms with Crippen LogP contribution in [0.1, 0.15) is 11.1 Å². The number of anilines is 1. The highest BCUT2D eigenvalue weighted by Crippen LogP contribution is 2.49. The zero-order chi connectivity index (χ0) is 18.8. The van der Waals surface area contributed by atoms with E-state index in [0.29, 0.717) is 22.7 Å². The van der Waals surface area contributed by atoms with Gasteiger partial charge < -0.3 is 10.6 Å². The predicted molar refractivity (Wildman–Crippen MR) is 97.7 cm³/mol. The fraction of sp³-hybridized carbons (Fsp3) is 0.250. The largest absolute Gasteiger partial charge is 0.326 e. The van der Waals surface area contributed by atoms with Crippen molar-refractivity contribution in [1.82, 2.24) is 5.32 Å². The van der Waals surface area contributed by atoms with Crippen LogP contribution in [0.4, 0.5) is 5.69 Å². The molecular formula is C20H17ClN3O3+. The van der Waals surface area contributed by atoms with Gasteiger partial charge in [0.2, 0.25) is 17.4 Å². The van der Waals surface area contributed by atoms with Crippen LogP contribution in [0.5, 0.6) is 0 Å². The first-order valence-corrected chi connectivity index (χ1v) is 9.25. The van der Waals surface area contributed by atoms with E-state index < -0.39 is 17.4 Å². The molecule has 4 atom stereocenters. The highest BCUT2D eigenvalue weighted by Gasteiger charge is 2.72. The van der Waals surface area contributed by atoms with Crippen LogP contribution in [-0.2, 0) is 26.3 Å². The molecule has 0 radical (unpaired) electrons. The predicted octanol–water partition coefficient (Wildman–Crippen LogP) is 0.564. The van der Waals surface area contributed by atoms with Gasteiger partial charge in [0.05, 0.1) is 10.7 Å². The van der Waals surface area contributed by atoms with E-state index in [1.165, 1.54) is 0 Å². The summed E-state index contributed by atoms with van der Waals surface area (Å²) in [7, 11) is 0. The number of carbonyl (C=O) groups excluding carboxylic acids is 3. The van der Waals surface area contributed by atoms with E-state index in [1.54, 1.807) is 12.1 Å². The minimum absolute atomic E-state index is 0.223. The van der Waals surface area contributed by atoms with Crippen LogP contribution < -0.4 is 16.0 Å². The Morgan fingerprint density at radius 1 is 0.963 bits per heavy atom. The number of amides is 3. The molecule has 6 nitrogen and oxygen atoms in total. The maximum absolute atomic E-state index is 13.1. The first-order chi connectivity index (χ1) is 13.0. The van der Waals surface area contributed by atoms with Gasteiger partial charge in [-0.25, -0.2) is 0 Å². The lowest BCUT2D eigenvalue weighted by Crippen LogP contribution is -2.99. The highest BCUT2D eigenvalue weighted by atomic mass is 35.5. The Hall–Kier alpha value is -2.70. The van der Waals surface area contributed by atoms with Gasteiger partial charge in [-0.1, -0.05) is 48.0 Å². The van der Waals surface area contributed by atoms with Gasteiger partial charge in [-0.05, 0) is 17.7 Å². The normalized spacial score (nSPS) is 31.0. The number of rotatable bonds is 2. The molecule has 2 aromatic carbocycles. The van der Waals surface area contributed by atoms with Gasteiger partial charge in [0.15, 0.2) is 0 Å². The quantitative estimate of drug-likeness (QED) is 0.663. The molecule has 7 heteroatoms. The molecular weight excluding hydrogens is 366 g/mol. The Balaban J connectivity index is 1.64. The molecule has 136 valence electrons. The lowest BCUT2D eigenvalue weighted by atomic mass is 9.76. The standard InChI is InChI=1S/C20H16ClN3O3/c21-12-8-4-7-11-16(12)22-19(27)20(11)15-14(17(25)23-18(15)26)13(24-20)9-10-5-2-1-3-6-10/h1-8,13-15,24H,9H2,(H,22,27)(H,23,25,26)/p+1/t13-,14-,15-,20+/m1/s1. The summed E-state index contributed by atoms with van der Waals surface area (Å²) < 4.78 is 0. The smallest absolute Gasteiger partial charge is 0.291 e. The number of fused-ring (bicyclic) bond motifs is 4. The van der Waals surface area contributed by atoms with Crippen LogP contribution in [0.2, 0.25) is 5.02 Å². The van der Waals surface area contributed by atoms with Gasteiger partial charge in [-0.15, -0.1) is 0 Å². The number of nitrogens with two attached hydrogens (primary N) is 1. The van der Waals surface area contributed by atoms with Crippen LogP contribution in [0.3, 0.4) is 0 Å². The lowest BCUT2D eigenvalue weighted by molar-refractivity contribution is -0.733. The summed E-state index contributed by atoms with van der Waals surface area (Å²) in [5.41, 5.74) is 1.11. The number of hydrogen-bond acceptors (Lipinski definition) is 3. The van der Waals surface area contributed by atoms with Crippen molar-refractivity contribution in [3.8, 4) is 0 Å². The zero-order valence-electron chi connectivity index (χ0n) is 14.2. The third kappa shape index (κ3) is 2.14. The average Bonchev–Trinajstić information content (AvgIpc) is 3.24. The molecule has 0 saturated carbocycles. The number of benzene rings is 2. The number of quaternary nitrogens is 1. The van der Waals surface area contributed by atoms with Crippen molar-refractivity contribution in [3.05, 3.63) is 64.7 Å². The van der Waals surface area contributed by atoms with Crippen molar-refractivity contribution in [2.24, 2.45) is 11.8 Å². The number of carbonyl (C=O) groups is 3. The molecule has 0 unspecified atom stereocenters. The van der Waals surface area contributed by atoms with Crippen molar-refractivity contribution < 1.29 is 19.7 Å². The third-order valence-electron chi connectivity index (χ3n) is 6.01. The molecule has 4 N–H and O–H groups in total. The van der Waals surface area contributed by atoms with Crippen LogP contribution in [-0.4, -0.2) is 23.8 Å². The Kier molecular flexibility index (Phi) is 3.44. The van der Waals surface area contributed by atoms with Gasteiger partial charge in [0.25, 0.3) is 5.91 Å². The summed E-state index contributed by atoms with van der Waals surface area (Å²) in [5.74, 6) is -2.30. The summed E-state index contributed by atoms with van der Waals surface area (Å²) in [5, 5.41) is 7.61. The summed E-state index contributed by atoms with van der Waals surface area (Å²) in [4.78, 5) is 38.4. The SMILES string of the molecule is O=C1NC(=O)[C@H]2[C@H]1[C@@H](Cc1ccccc1)[NH2+][C@]21C(=O)Nc2c(Cl)cccc21. The molecule has 0 aliphatic carbocycles. The maximum Gasteiger partial charge on any atom is 0.291 e. The minimum Gasteiger partial charge on any atom is -0.326 e. The Morgan fingerprint density at radius 3 is 2.52 bits per heavy atom. The minimum atomic E-state index is -1.17. The van der Waals surface area contributed by atoms with E-state index in [1.807, 2.05) is 41.7 Å². The van der Waals surface area contributed by atoms with Gasteiger partial charge in [0.1, 0.15) is 17.9 Å². The van der Waals surface area contributed by atoms with E-state index in [9.17, 15) is 14.4 Å². The average molecular weight is 383 g/mol. The molecule has 2 aromatic rings. The van der Waals surface area contributed by atoms with Crippen LogP contribution in [0.15, 0.2) is 48.5 Å². The fourth-order valence-corrected chi connectivity index (χ4v) is 5.18. The summed E-state index contributed by atoms with van der Waals surface area (Å²) in [6.07, 6.45) is 0.591. The number of hydrogen-bond donors (Lipinski definition) is 3. The highest BCUT2D eigenvalue weighted by molar-refractivity contribution is 6.35. The maximum atomic E-state index is 13.1. The van der Waals surface area contributed by atoms with E-state index in [4.69, 9.17) is 11.6 Å². The zero-order valence-corrected chi connectivity index (χ0v) is 15.0. The first kappa shape index (κ1) is 16.5. The summed E-state index contributed by atoms with van der Waals surface area (Å²) in [6, 6.07) is 14.8. The van der Waals surface area contributed by atoms with Gasteiger partial charge in [-0.2, -0.15) is 0 Å². The first-order valence-electron chi connectivity index (χ1n) is 8.87. The van der Waals surface area contributed by atoms with Gasteiger partial charge in [-0.3, -0.25) is 19.7 Å². The van der Waals surface area contributed by atoms with E-state index >= 15 is 0 Å². The third-order valence-corrected chi connectivity index (χ3v) is 6.32. The Morgan fingerprint density at radius 2 is 1.74 bits per heavy atom. The molecule has 3 amide bonds. The van der Waals surface area contributed by atoms with E-state index in [0.717, 1.165) is 5.56 Å². The molecule has 3 aliphatic heterocycles. The van der Waals surface area contributed by atoms with E-state index in [2.05, 4.69) is 10.6 Å². The number of halogens is 1. The second-order valence-electron chi connectivity index (χ2n) is 7.36. The molecule has 5 rings (SSSR count). The second kappa shape index (κ2) is 5.65. The van der Waals surface area contributed by atoms with Crippen molar-refractivity contribution in [1.29, 1.82) is 0 Å². The number of imide groups is 1. The number of nitrogens with one attached hydrogen (secondary N) is 2. The molecule has 3 heterocycles. The van der Waals surface area contributed by atoms with Gasteiger partial charge in [0, 0.05) is 12.0 Å². The summed E-state index contributed by atoms with van der Waals surface area (Å²) in [6.45, 7) is 0. The molecule has 0 bridgehead atoms. The topological polar surface area (TPSA) is 91.9 Å². The van der Waals surface area contributed by atoms with Crippen molar-refractivity contribution in [2.45, 2.75) is 18.0 Å². The Bertz CT molecular complexity index is 993. The number of para-hydroxylation sites is 1. The second-order valence-corrected chi connectivity index (χ2v) is 7.77. The summed E-state index contributed by atoms with van der Waals surface area (Å²) >= 11 is 6.27. The Labute approximate surface area is 160 Å². The van der Waals surface area contributed by atoms with Crippen molar-refractivity contribution >= 4 is 35.0 Å².